The summed E-state index contributed by atoms with van der Waals surface area (Å²) in [4.78, 5) is 24.4. The zero-order valence-corrected chi connectivity index (χ0v) is 16.1. The standard InChI is InChI=1S/C19H19N3O5S/c1-3-21-28(25,26)16-10-8-14(9-11-16)19(24)27-13(2)18(23)22-17-7-5-4-6-15(17)12-20/h4-11,13,21H,3H2,1-2H3,(H,22,23)/t13-/m0/s1. The van der Waals surface area contributed by atoms with E-state index in [4.69, 9.17) is 10.00 Å². The predicted molar refractivity (Wildman–Crippen MR) is 102 cm³/mol. The Balaban J connectivity index is 2.04. The maximum absolute atomic E-state index is 12.2. The SMILES string of the molecule is CCNS(=O)(=O)c1ccc(C(=O)O[C@@H](C)C(=O)Nc2ccccc2C#N)cc1. The van der Waals surface area contributed by atoms with E-state index in [0.29, 0.717) is 5.69 Å². The second-order valence-corrected chi connectivity index (χ2v) is 7.49. The van der Waals surface area contributed by atoms with Gasteiger partial charge in [0.2, 0.25) is 10.0 Å². The first-order valence-electron chi connectivity index (χ1n) is 8.39. The molecule has 146 valence electrons. The second kappa shape index (κ2) is 9.12. The lowest BCUT2D eigenvalue weighted by Crippen LogP contribution is -2.30. The number of amides is 1. The number of hydrogen-bond donors (Lipinski definition) is 2. The largest absolute Gasteiger partial charge is 0.449 e. The second-order valence-electron chi connectivity index (χ2n) is 5.72. The zero-order chi connectivity index (χ0) is 20.7. The van der Waals surface area contributed by atoms with Gasteiger partial charge in [0, 0.05) is 6.54 Å². The van der Waals surface area contributed by atoms with Gasteiger partial charge in [-0.05, 0) is 43.3 Å². The minimum Gasteiger partial charge on any atom is -0.449 e. The van der Waals surface area contributed by atoms with Crippen molar-refractivity contribution in [3.05, 3.63) is 59.7 Å². The molecule has 2 rings (SSSR count). The van der Waals surface area contributed by atoms with Crippen LogP contribution in [0.15, 0.2) is 53.4 Å². The average Bonchev–Trinajstić information content (AvgIpc) is 2.68. The van der Waals surface area contributed by atoms with Crippen LogP contribution >= 0.6 is 0 Å². The van der Waals surface area contributed by atoms with E-state index in [0.717, 1.165) is 0 Å². The Morgan fingerprint density at radius 3 is 2.39 bits per heavy atom. The maximum atomic E-state index is 12.2. The molecule has 0 fully saturated rings. The number of benzene rings is 2. The molecule has 0 spiro atoms. The van der Waals surface area contributed by atoms with Crippen molar-refractivity contribution in [1.29, 1.82) is 5.26 Å². The first-order valence-corrected chi connectivity index (χ1v) is 9.87. The van der Waals surface area contributed by atoms with Crippen LogP contribution in [0.2, 0.25) is 0 Å². The maximum Gasteiger partial charge on any atom is 0.338 e. The summed E-state index contributed by atoms with van der Waals surface area (Å²) in [6.45, 7) is 3.30. The Morgan fingerprint density at radius 2 is 1.79 bits per heavy atom. The molecule has 0 radical (unpaired) electrons. The molecular formula is C19H19N3O5S. The highest BCUT2D eigenvalue weighted by molar-refractivity contribution is 7.89. The summed E-state index contributed by atoms with van der Waals surface area (Å²) in [5.74, 6) is -1.37. The Hall–Kier alpha value is -3.22. The third-order valence-electron chi connectivity index (χ3n) is 3.69. The highest BCUT2D eigenvalue weighted by Crippen LogP contribution is 2.15. The minimum absolute atomic E-state index is 0.0183. The summed E-state index contributed by atoms with van der Waals surface area (Å²) >= 11 is 0. The first kappa shape index (κ1) is 21.1. The van der Waals surface area contributed by atoms with Crippen LogP contribution in [0.25, 0.3) is 0 Å². The van der Waals surface area contributed by atoms with Crippen LogP contribution in [-0.4, -0.2) is 32.9 Å². The van der Waals surface area contributed by atoms with Gasteiger partial charge in [-0.2, -0.15) is 5.26 Å². The highest BCUT2D eigenvalue weighted by atomic mass is 32.2. The monoisotopic (exact) mass is 401 g/mol. The highest BCUT2D eigenvalue weighted by Gasteiger charge is 2.20. The van der Waals surface area contributed by atoms with Crippen molar-refractivity contribution in [3.63, 3.8) is 0 Å². The van der Waals surface area contributed by atoms with E-state index in [9.17, 15) is 18.0 Å². The van der Waals surface area contributed by atoms with Gasteiger partial charge in [0.15, 0.2) is 6.10 Å². The first-order chi connectivity index (χ1) is 13.3. The van der Waals surface area contributed by atoms with Gasteiger partial charge in [-0.1, -0.05) is 19.1 Å². The summed E-state index contributed by atoms with van der Waals surface area (Å²) in [5.41, 5.74) is 0.704. The lowest BCUT2D eigenvalue weighted by molar-refractivity contribution is -0.123. The van der Waals surface area contributed by atoms with Crippen LogP contribution in [0.1, 0.15) is 29.8 Å². The molecule has 0 aliphatic carbocycles. The number of carbonyl (C=O) groups excluding carboxylic acids is 2. The van der Waals surface area contributed by atoms with Gasteiger partial charge >= 0.3 is 5.97 Å². The van der Waals surface area contributed by atoms with Crippen LogP contribution in [0.3, 0.4) is 0 Å². The van der Waals surface area contributed by atoms with E-state index in [1.54, 1.807) is 31.2 Å². The molecule has 2 aromatic rings. The fourth-order valence-electron chi connectivity index (χ4n) is 2.25. The van der Waals surface area contributed by atoms with Crippen molar-refractivity contribution in [2.75, 3.05) is 11.9 Å². The predicted octanol–water partition coefficient (Wildman–Crippen LogP) is 2.04. The number of ether oxygens (including phenoxy) is 1. The van der Waals surface area contributed by atoms with E-state index in [2.05, 4.69) is 10.0 Å². The van der Waals surface area contributed by atoms with Crippen molar-refractivity contribution in [1.82, 2.24) is 4.72 Å². The Kier molecular flexibility index (Phi) is 6.87. The fraction of sp³-hybridized carbons (Fsp3) is 0.211. The van der Waals surface area contributed by atoms with Crippen LogP contribution in [0.5, 0.6) is 0 Å². The number of rotatable bonds is 7. The van der Waals surface area contributed by atoms with Gasteiger partial charge < -0.3 is 10.1 Å². The normalized spacial score (nSPS) is 11.9. The van der Waals surface area contributed by atoms with Gasteiger partial charge in [0.05, 0.1) is 21.7 Å². The van der Waals surface area contributed by atoms with E-state index < -0.39 is 28.0 Å². The lowest BCUT2D eigenvalue weighted by Gasteiger charge is -2.14. The molecule has 0 aliphatic rings. The summed E-state index contributed by atoms with van der Waals surface area (Å²) < 4.78 is 31.3. The molecule has 0 saturated carbocycles. The lowest BCUT2D eigenvalue weighted by atomic mass is 10.2. The number of anilines is 1. The van der Waals surface area contributed by atoms with Crippen molar-refractivity contribution in [2.45, 2.75) is 24.8 Å². The summed E-state index contributed by atoms with van der Waals surface area (Å²) in [6, 6.07) is 13.6. The van der Waals surface area contributed by atoms with Gasteiger partial charge in [0.1, 0.15) is 6.07 Å². The third kappa shape index (κ3) is 5.16. The molecule has 8 nitrogen and oxygen atoms in total. The Morgan fingerprint density at radius 1 is 1.14 bits per heavy atom. The molecule has 2 N–H and O–H groups in total. The van der Waals surface area contributed by atoms with E-state index in [1.807, 2.05) is 6.07 Å². The van der Waals surface area contributed by atoms with Gasteiger partial charge in [-0.25, -0.2) is 17.9 Å². The zero-order valence-electron chi connectivity index (χ0n) is 15.3. The number of hydrogen-bond acceptors (Lipinski definition) is 6. The molecular weight excluding hydrogens is 382 g/mol. The number of para-hydroxylation sites is 1. The number of carbonyl (C=O) groups is 2. The van der Waals surface area contributed by atoms with Crippen molar-refractivity contribution in [3.8, 4) is 6.07 Å². The summed E-state index contributed by atoms with van der Waals surface area (Å²) in [5, 5.41) is 11.6. The molecule has 0 aromatic heterocycles. The van der Waals surface area contributed by atoms with Crippen molar-refractivity contribution >= 4 is 27.6 Å². The van der Waals surface area contributed by atoms with Crippen molar-refractivity contribution < 1.29 is 22.7 Å². The van der Waals surface area contributed by atoms with Crippen LogP contribution in [0.4, 0.5) is 5.69 Å². The molecule has 0 unspecified atom stereocenters. The van der Waals surface area contributed by atoms with E-state index in [-0.39, 0.29) is 22.6 Å². The molecule has 1 atom stereocenters. The fourth-order valence-corrected chi connectivity index (χ4v) is 3.29. The van der Waals surface area contributed by atoms with Crippen LogP contribution in [0, 0.1) is 11.3 Å². The molecule has 9 heteroatoms. The summed E-state index contributed by atoms with van der Waals surface area (Å²) in [7, 11) is -3.62. The third-order valence-corrected chi connectivity index (χ3v) is 5.25. The molecule has 0 aliphatic heterocycles. The number of sulfonamides is 1. The van der Waals surface area contributed by atoms with Gasteiger partial charge in [-0.3, -0.25) is 4.79 Å². The Labute approximate surface area is 163 Å². The molecule has 1 amide bonds. The van der Waals surface area contributed by atoms with Gasteiger partial charge in [0.25, 0.3) is 5.91 Å². The number of nitrogens with one attached hydrogen (secondary N) is 2. The van der Waals surface area contributed by atoms with Crippen molar-refractivity contribution in [2.24, 2.45) is 0 Å². The topological polar surface area (TPSA) is 125 Å². The molecule has 2 aromatic carbocycles. The Bertz CT molecular complexity index is 1010. The summed E-state index contributed by atoms with van der Waals surface area (Å²) in [6.07, 6.45) is -1.12. The minimum atomic E-state index is -3.62. The average molecular weight is 401 g/mol. The number of nitrogens with zero attached hydrogens (tertiary/aromatic N) is 1. The van der Waals surface area contributed by atoms with E-state index in [1.165, 1.54) is 31.2 Å². The molecule has 0 bridgehead atoms. The smallest absolute Gasteiger partial charge is 0.338 e. The quantitative estimate of drug-likeness (QED) is 0.684. The molecule has 0 heterocycles. The van der Waals surface area contributed by atoms with E-state index >= 15 is 0 Å². The van der Waals surface area contributed by atoms with Gasteiger partial charge in [-0.15, -0.1) is 0 Å². The molecule has 0 saturated heterocycles. The number of nitriles is 1. The number of esters is 1. The molecule has 28 heavy (non-hydrogen) atoms. The van der Waals surface area contributed by atoms with Crippen LogP contribution < -0.4 is 10.0 Å². The van der Waals surface area contributed by atoms with Crippen LogP contribution in [-0.2, 0) is 19.6 Å².